The van der Waals surface area contributed by atoms with E-state index in [0.717, 1.165) is 17.5 Å². The fourth-order valence-electron chi connectivity index (χ4n) is 2.61. The molecule has 2 aromatic carbocycles. The number of hydrogen-bond donors (Lipinski definition) is 1. The normalized spacial score (nSPS) is 13.9. The maximum atomic E-state index is 13.9. The van der Waals surface area contributed by atoms with E-state index in [-0.39, 0.29) is 11.5 Å². The Hall–Kier alpha value is -1.88. The molecule has 0 radical (unpaired) electrons. The lowest BCUT2D eigenvalue weighted by molar-refractivity contribution is 0.0730. The molecule has 0 aliphatic carbocycles. The van der Waals surface area contributed by atoms with Crippen LogP contribution in [0, 0.1) is 5.82 Å². The smallest absolute Gasteiger partial charge is 0.257 e. The number of nitrogens with zero attached hydrogens (tertiary/aromatic N) is 1. The summed E-state index contributed by atoms with van der Waals surface area (Å²) >= 11 is 3.19. The minimum atomic E-state index is -0.513. The number of carbonyl (C=O) groups excluding carboxylic acids is 1. The van der Waals surface area contributed by atoms with Crippen LogP contribution in [0.3, 0.4) is 0 Å². The number of nitrogens with two attached hydrogens (primary N) is 1. The number of halogens is 2. The molecular formula is C16H14BrFN2O. The fourth-order valence-corrected chi connectivity index (χ4v) is 2.95. The number of fused-ring (bicyclic) bond motifs is 1. The number of benzene rings is 2. The van der Waals surface area contributed by atoms with E-state index in [0.29, 0.717) is 23.2 Å². The maximum absolute atomic E-state index is 13.9. The molecule has 0 unspecified atom stereocenters. The Kier molecular flexibility index (Phi) is 3.68. The van der Waals surface area contributed by atoms with E-state index in [1.165, 1.54) is 12.1 Å². The van der Waals surface area contributed by atoms with Crippen LogP contribution in [0.2, 0.25) is 0 Å². The van der Waals surface area contributed by atoms with Crippen molar-refractivity contribution in [2.45, 2.75) is 13.0 Å². The summed E-state index contributed by atoms with van der Waals surface area (Å²) in [6.45, 7) is 1.00. The van der Waals surface area contributed by atoms with E-state index in [1.54, 1.807) is 11.0 Å². The van der Waals surface area contributed by atoms with Gasteiger partial charge in [-0.3, -0.25) is 4.79 Å². The van der Waals surface area contributed by atoms with E-state index in [9.17, 15) is 9.18 Å². The predicted molar refractivity (Wildman–Crippen MR) is 83.4 cm³/mol. The number of nitrogen functional groups attached to an aromatic ring is 1. The maximum Gasteiger partial charge on any atom is 0.257 e. The van der Waals surface area contributed by atoms with Crippen LogP contribution < -0.4 is 5.73 Å². The molecule has 0 aromatic heterocycles. The standard InChI is InChI=1S/C16H14BrFN2O/c17-11-4-5-12(14(18)8-11)16(21)20-7-6-10-2-1-3-15(19)13(10)9-20/h1-5,8H,6-7,9,19H2. The Morgan fingerprint density at radius 2 is 2.10 bits per heavy atom. The predicted octanol–water partition coefficient (Wildman–Crippen LogP) is 3.37. The average Bonchev–Trinajstić information content (AvgIpc) is 2.47. The highest BCUT2D eigenvalue weighted by atomic mass is 79.9. The van der Waals surface area contributed by atoms with Gasteiger partial charge in [-0.2, -0.15) is 0 Å². The second kappa shape index (κ2) is 5.48. The first kappa shape index (κ1) is 14.1. The van der Waals surface area contributed by atoms with Crippen LogP contribution in [-0.2, 0) is 13.0 Å². The van der Waals surface area contributed by atoms with Crippen LogP contribution in [0.5, 0.6) is 0 Å². The van der Waals surface area contributed by atoms with E-state index in [1.807, 2.05) is 18.2 Å². The summed E-state index contributed by atoms with van der Waals surface area (Å²) in [5.41, 5.74) is 8.88. The van der Waals surface area contributed by atoms with Crippen LogP contribution in [0.25, 0.3) is 0 Å². The number of amides is 1. The second-order valence-corrected chi connectivity index (χ2v) is 6.00. The summed E-state index contributed by atoms with van der Waals surface area (Å²) in [6, 6.07) is 10.2. The van der Waals surface area contributed by atoms with Crippen LogP contribution in [-0.4, -0.2) is 17.4 Å². The number of hydrogen-bond acceptors (Lipinski definition) is 2. The second-order valence-electron chi connectivity index (χ2n) is 5.09. The number of carbonyl (C=O) groups is 1. The van der Waals surface area contributed by atoms with Crippen molar-refractivity contribution in [2.24, 2.45) is 0 Å². The van der Waals surface area contributed by atoms with Crippen LogP contribution in [0.4, 0.5) is 10.1 Å². The molecule has 0 fully saturated rings. The lowest BCUT2D eigenvalue weighted by Gasteiger charge is -2.30. The van der Waals surface area contributed by atoms with Crippen molar-refractivity contribution >= 4 is 27.5 Å². The summed E-state index contributed by atoms with van der Waals surface area (Å²) in [6.07, 6.45) is 0.740. The van der Waals surface area contributed by atoms with Gasteiger partial charge in [-0.15, -0.1) is 0 Å². The van der Waals surface area contributed by atoms with Gasteiger partial charge in [0.25, 0.3) is 5.91 Å². The summed E-state index contributed by atoms with van der Waals surface area (Å²) in [7, 11) is 0. The monoisotopic (exact) mass is 348 g/mol. The van der Waals surface area contributed by atoms with E-state index >= 15 is 0 Å². The third-order valence-electron chi connectivity index (χ3n) is 3.76. The zero-order valence-corrected chi connectivity index (χ0v) is 12.9. The SMILES string of the molecule is Nc1cccc2c1CN(C(=O)c1ccc(Br)cc1F)CC2. The van der Waals surface area contributed by atoms with Crippen molar-refractivity contribution in [3.05, 3.63) is 63.4 Å². The van der Waals surface area contributed by atoms with Crippen molar-refractivity contribution < 1.29 is 9.18 Å². The first-order chi connectivity index (χ1) is 10.1. The first-order valence-electron chi connectivity index (χ1n) is 6.67. The number of anilines is 1. The minimum absolute atomic E-state index is 0.0937. The minimum Gasteiger partial charge on any atom is -0.398 e. The Morgan fingerprint density at radius 1 is 1.29 bits per heavy atom. The van der Waals surface area contributed by atoms with Crippen molar-refractivity contribution in [3.8, 4) is 0 Å². The summed E-state index contributed by atoms with van der Waals surface area (Å²) < 4.78 is 14.5. The Balaban J connectivity index is 1.89. The van der Waals surface area contributed by atoms with Gasteiger partial charge in [0.2, 0.25) is 0 Å². The quantitative estimate of drug-likeness (QED) is 0.803. The van der Waals surface area contributed by atoms with Gasteiger partial charge in [0, 0.05) is 23.2 Å². The van der Waals surface area contributed by atoms with Crippen molar-refractivity contribution in [1.82, 2.24) is 4.90 Å². The van der Waals surface area contributed by atoms with Crippen LogP contribution in [0.1, 0.15) is 21.5 Å². The van der Waals surface area contributed by atoms with Gasteiger partial charge in [0.15, 0.2) is 0 Å². The molecule has 21 heavy (non-hydrogen) atoms. The van der Waals surface area contributed by atoms with Gasteiger partial charge in [0.05, 0.1) is 5.56 Å². The molecule has 1 aliphatic heterocycles. The first-order valence-corrected chi connectivity index (χ1v) is 7.46. The molecule has 2 N–H and O–H groups in total. The molecule has 108 valence electrons. The summed E-state index contributed by atoms with van der Waals surface area (Å²) in [5, 5.41) is 0. The summed E-state index contributed by atoms with van der Waals surface area (Å²) in [5.74, 6) is -0.810. The van der Waals surface area contributed by atoms with Crippen LogP contribution in [0.15, 0.2) is 40.9 Å². The molecule has 1 heterocycles. The molecule has 0 atom stereocenters. The van der Waals surface area contributed by atoms with Gasteiger partial charge in [-0.05, 0) is 41.8 Å². The van der Waals surface area contributed by atoms with Crippen molar-refractivity contribution in [3.63, 3.8) is 0 Å². The molecule has 0 saturated carbocycles. The lowest BCUT2D eigenvalue weighted by Crippen LogP contribution is -2.36. The highest BCUT2D eigenvalue weighted by molar-refractivity contribution is 9.10. The Morgan fingerprint density at radius 3 is 2.86 bits per heavy atom. The van der Waals surface area contributed by atoms with Gasteiger partial charge in [0.1, 0.15) is 5.82 Å². The van der Waals surface area contributed by atoms with Crippen molar-refractivity contribution in [1.29, 1.82) is 0 Å². The molecule has 2 aromatic rings. The van der Waals surface area contributed by atoms with Crippen molar-refractivity contribution in [2.75, 3.05) is 12.3 Å². The Bertz CT molecular complexity index is 717. The molecule has 5 heteroatoms. The lowest BCUT2D eigenvalue weighted by atomic mass is 9.97. The topological polar surface area (TPSA) is 46.3 Å². The van der Waals surface area contributed by atoms with Gasteiger partial charge >= 0.3 is 0 Å². The molecule has 1 aliphatic rings. The van der Waals surface area contributed by atoms with E-state index < -0.39 is 5.82 Å². The molecule has 3 rings (SSSR count). The Labute approximate surface area is 130 Å². The molecule has 0 spiro atoms. The molecule has 0 bridgehead atoms. The van der Waals surface area contributed by atoms with Gasteiger partial charge < -0.3 is 10.6 Å². The third kappa shape index (κ3) is 2.65. The number of rotatable bonds is 1. The highest BCUT2D eigenvalue weighted by Gasteiger charge is 2.24. The fraction of sp³-hybridized carbons (Fsp3) is 0.188. The molecule has 1 amide bonds. The zero-order chi connectivity index (χ0) is 15.0. The average molecular weight is 349 g/mol. The van der Waals surface area contributed by atoms with Gasteiger partial charge in [-0.25, -0.2) is 4.39 Å². The largest absolute Gasteiger partial charge is 0.398 e. The van der Waals surface area contributed by atoms with Crippen LogP contribution >= 0.6 is 15.9 Å². The highest BCUT2D eigenvalue weighted by Crippen LogP contribution is 2.26. The molecular weight excluding hydrogens is 335 g/mol. The van der Waals surface area contributed by atoms with Gasteiger partial charge in [-0.1, -0.05) is 28.1 Å². The van der Waals surface area contributed by atoms with E-state index in [4.69, 9.17) is 5.73 Å². The zero-order valence-electron chi connectivity index (χ0n) is 11.3. The molecule has 3 nitrogen and oxygen atoms in total. The third-order valence-corrected chi connectivity index (χ3v) is 4.25. The summed E-state index contributed by atoms with van der Waals surface area (Å²) in [4.78, 5) is 14.1. The van der Waals surface area contributed by atoms with E-state index in [2.05, 4.69) is 15.9 Å². The molecule has 0 saturated heterocycles.